The third kappa shape index (κ3) is 3.52. The fourth-order valence-corrected chi connectivity index (χ4v) is 2.38. The fraction of sp³-hybridized carbons (Fsp3) is 0.133. The standard InChI is InChI=1S/C15H10Cl2F2O2/c1-2-21-15(20)14-12(18)5-9(6-13(14)19)8-3-10(16)7-11(17)4-8/h3-7H,2H2,1H3. The van der Waals surface area contributed by atoms with Gasteiger partial charge in [-0.3, -0.25) is 0 Å². The number of hydrogen-bond donors (Lipinski definition) is 0. The lowest BCUT2D eigenvalue weighted by atomic mass is 10.0. The molecule has 0 saturated carbocycles. The molecule has 110 valence electrons. The van der Waals surface area contributed by atoms with E-state index in [4.69, 9.17) is 23.2 Å². The van der Waals surface area contributed by atoms with E-state index in [1.807, 2.05) is 0 Å². The molecule has 0 amide bonds. The van der Waals surface area contributed by atoms with Crippen LogP contribution in [-0.4, -0.2) is 12.6 Å². The van der Waals surface area contributed by atoms with Gasteiger partial charge in [-0.2, -0.15) is 0 Å². The molecule has 0 radical (unpaired) electrons. The molecule has 0 aliphatic heterocycles. The molecule has 0 spiro atoms. The van der Waals surface area contributed by atoms with Gasteiger partial charge >= 0.3 is 5.97 Å². The van der Waals surface area contributed by atoms with Crippen LogP contribution in [0.3, 0.4) is 0 Å². The average molecular weight is 331 g/mol. The first-order valence-electron chi connectivity index (χ1n) is 6.05. The summed E-state index contributed by atoms with van der Waals surface area (Å²) in [5.74, 6) is -3.04. The van der Waals surface area contributed by atoms with Crippen molar-refractivity contribution in [3.05, 3.63) is 57.6 Å². The highest BCUT2D eigenvalue weighted by atomic mass is 35.5. The summed E-state index contributed by atoms with van der Waals surface area (Å²) >= 11 is 11.7. The molecule has 21 heavy (non-hydrogen) atoms. The topological polar surface area (TPSA) is 26.3 Å². The Morgan fingerprint density at radius 1 is 1.00 bits per heavy atom. The summed E-state index contributed by atoms with van der Waals surface area (Å²) < 4.78 is 32.5. The van der Waals surface area contributed by atoms with Crippen LogP contribution in [0.4, 0.5) is 8.78 Å². The van der Waals surface area contributed by atoms with E-state index in [1.165, 1.54) is 18.2 Å². The second-order valence-corrected chi connectivity index (χ2v) is 5.07. The first-order valence-corrected chi connectivity index (χ1v) is 6.80. The van der Waals surface area contributed by atoms with Gasteiger partial charge in [-0.25, -0.2) is 13.6 Å². The molecular formula is C15H10Cl2F2O2. The highest BCUT2D eigenvalue weighted by Crippen LogP contribution is 2.29. The molecule has 0 saturated heterocycles. The highest BCUT2D eigenvalue weighted by molar-refractivity contribution is 6.35. The molecule has 0 N–H and O–H groups in total. The minimum Gasteiger partial charge on any atom is -0.462 e. The average Bonchev–Trinajstić information content (AvgIpc) is 2.36. The van der Waals surface area contributed by atoms with E-state index in [0.29, 0.717) is 15.6 Å². The van der Waals surface area contributed by atoms with E-state index < -0.39 is 23.2 Å². The zero-order valence-corrected chi connectivity index (χ0v) is 12.4. The highest BCUT2D eigenvalue weighted by Gasteiger charge is 2.20. The second kappa shape index (κ2) is 6.41. The number of hydrogen-bond acceptors (Lipinski definition) is 2. The molecule has 2 nitrogen and oxygen atoms in total. The smallest absolute Gasteiger partial charge is 0.344 e. The van der Waals surface area contributed by atoms with Crippen LogP contribution >= 0.6 is 23.2 Å². The van der Waals surface area contributed by atoms with E-state index in [0.717, 1.165) is 12.1 Å². The van der Waals surface area contributed by atoms with Crippen molar-refractivity contribution in [2.24, 2.45) is 0 Å². The number of carbonyl (C=O) groups is 1. The van der Waals surface area contributed by atoms with Crippen molar-refractivity contribution >= 4 is 29.2 Å². The number of esters is 1. The number of ether oxygens (including phenoxy) is 1. The van der Waals surface area contributed by atoms with Crippen molar-refractivity contribution in [3.63, 3.8) is 0 Å². The number of benzene rings is 2. The number of carbonyl (C=O) groups excluding carboxylic acids is 1. The Kier molecular flexibility index (Phi) is 4.80. The minimum atomic E-state index is -1.04. The van der Waals surface area contributed by atoms with E-state index in [2.05, 4.69) is 4.74 Å². The van der Waals surface area contributed by atoms with Crippen molar-refractivity contribution in [2.75, 3.05) is 6.61 Å². The van der Waals surface area contributed by atoms with Crippen LogP contribution in [-0.2, 0) is 4.74 Å². The normalized spacial score (nSPS) is 10.5. The van der Waals surface area contributed by atoms with Gasteiger partial charge in [-0.1, -0.05) is 23.2 Å². The van der Waals surface area contributed by atoms with Gasteiger partial charge in [0, 0.05) is 10.0 Å². The monoisotopic (exact) mass is 330 g/mol. The summed E-state index contributed by atoms with van der Waals surface area (Å²) in [5, 5.41) is 0.681. The molecule has 0 heterocycles. The molecule has 0 aliphatic rings. The Labute approximate surface area is 130 Å². The maximum absolute atomic E-state index is 14.0. The third-order valence-electron chi connectivity index (χ3n) is 2.72. The predicted octanol–water partition coefficient (Wildman–Crippen LogP) is 5.12. The van der Waals surface area contributed by atoms with Crippen LogP contribution in [0.1, 0.15) is 17.3 Å². The Morgan fingerprint density at radius 3 is 1.95 bits per heavy atom. The zero-order chi connectivity index (χ0) is 15.6. The van der Waals surface area contributed by atoms with Crippen LogP contribution in [0.2, 0.25) is 10.0 Å². The van der Waals surface area contributed by atoms with Crippen LogP contribution in [0.25, 0.3) is 11.1 Å². The maximum Gasteiger partial charge on any atom is 0.344 e. The lowest BCUT2D eigenvalue weighted by Gasteiger charge is -2.08. The van der Waals surface area contributed by atoms with Crippen LogP contribution in [0.5, 0.6) is 0 Å². The van der Waals surface area contributed by atoms with E-state index in [9.17, 15) is 13.6 Å². The third-order valence-corrected chi connectivity index (χ3v) is 3.15. The quantitative estimate of drug-likeness (QED) is 0.730. The van der Waals surface area contributed by atoms with Gasteiger partial charge in [0.25, 0.3) is 0 Å². The lowest BCUT2D eigenvalue weighted by molar-refractivity contribution is 0.0515. The number of halogens is 4. The van der Waals surface area contributed by atoms with Crippen molar-refractivity contribution in [3.8, 4) is 11.1 Å². The van der Waals surface area contributed by atoms with Gasteiger partial charge in [0.15, 0.2) is 0 Å². The predicted molar refractivity (Wildman–Crippen MR) is 77.8 cm³/mol. The van der Waals surface area contributed by atoms with Gasteiger partial charge < -0.3 is 4.74 Å². The molecule has 0 atom stereocenters. The Hall–Kier alpha value is -1.65. The molecule has 0 aromatic heterocycles. The van der Waals surface area contributed by atoms with E-state index in [1.54, 1.807) is 6.92 Å². The largest absolute Gasteiger partial charge is 0.462 e. The number of rotatable bonds is 3. The molecule has 2 aromatic carbocycles. The van der Waals surface area contributed by atoms with Gasteiger partial charge in [0.2, 0.25) is 0 Å². The van der Waals surface area contributed by atoms with Crippen LogP contribution < -0.4 is 0 Å². The Balaban J connectivity index is 2.51. The molecule has 2 aromatic rings. The van der Waals surface area contributed by atoms with E-state index >= 15 is 0 Å². The molecule has 0 fully saturated rings. The molecular weight excluding hydrogens is 321 g/mol. The fourth-order valence-electron chi connectivity index (χ4n) is 1.86. The van der Waals surface area contributed by atoms with E-state index in [-0.39, 0.29) is 12.2 Å². The maximum atomic E-state index is 14.0. The molecule has 6 heteroatoms. The van der Waals surface area contributed by atoms with Gasteiger partial charge in [-0.05, 0) is 48.4 Å². The zero-order valence-electron chi connectivity index (χ0n) is 10.9. The van der Waals surface area contributed by atoms with Gasteiger partial charge in [0.05, 0.1) is 6.61 Å². The summed E-state index contributed by atoms with van der Waals surface area (Å²) in [4.78, 5) is 11.5. The Bertz CT molecular complexity index is 659. The van der Waals surface area contributed by atoms with Crippen LogP contribution in [0, 0.1) is 11.6 Å². The summed E-state index contributed by atoms with van der Waals surface area (Å²) in [6.45, 7) is 1.58. The van der Waals surface area contributed by atoms with Crippen molar-refractivity contribution in [2.45, 2.75) is 6.92 Å². The second-order valence-electron chi connectivity index (χ2n) is 4.19. The summed E-state index contributed by atoms with van der Waals surface area (Å²) in [5.41, 5.74) is -0.0446. The Morgan fingerprint density at radius 2 is 1.48 bits per heavy atom. The van der Waals surface area contributed by atoms with Gasteiger partial charge in [-0.15, -0.1) is 0 Å². The first-order chi connectivity index (χ1) is 9.92. The van der Waals surface area contributed by atoms with Crippen molar-refractivity contribution in [1.29, 1.82) is 0 Å². The first kappa shape index (κ1) is 15.7. The van der Waals surface area contributed by atoms with Crippen molar-refractivity contribution < 1.29 is 18.3 Å². The summed E-state index contributed by atoms with van der Waals surface area (Å²) in [7, 11) is 0. The lowest BCUT2D eigenvalue weighted by Crippen LogP contribution is -2.10. The summed E-state index contributed by atoms with van der Waals surface area (Å²) in [6, 6.07) is 6.62. The SMILES string of the molecule is CCOC(=O)c1c(F)cc(-c2cc(Cl)cc(Cl)c2)cc1F. The van der Waals surface area contributed by atoms with Crippen LogP contribution in [0.15, 0.2) is 30.3 Å². The van der Waals surface area contributed by atoms with Gasteiger partial charge in [0.1, 0.15) is 17.2 Å². The summed E-state index contributed by atoms with van der Waals surface area (Å²) in [6.07, 6.45) is 0. The minimum absolute atomic E-state index is 0.0311. The molecule has 2 rings (SSSR count). The molecule has 0 bridgehead atoms. The van der Waals surface area contributed by atoms with Crippen molar-refractivity contribution in [1.82, 2.24) is 0 Å². The molecule has 0 aliphatic carbocycles. The molecule has 0 unspecified atom stereocenters.